The molecule has 0 aliphatic carbocycles. The van der Waals surface area contributed by atoms with Crippen molar-refractivity contribution < 1.29 is 0 Å². The third kappa shape index (κ3) is 2.10. The van der Waals surface area contributed by atoms with Crippen LogP contribution in [-0.2, 0) is 12.5 Å². The van der Waals surface area contributed by atoms with E-state index in [4.69, 9.17) is 5.73 Å². The Morgan fingerprint density at radius 1 is 1.25 bits per heavy atom. The molecule has 0 fully saturated rings. The summed E-state index contributed by atoms with van der Waals surface area (Å²) < 4.78 is 2.16. The minimum absolute atomic E-state index is 0.156. The minimum Gasteiger partial charge on any atom is -0.375 e. The number of hydrogen-bond donors (Lipinski definition) is 1. The normalized spacial score (nSPS) is 12.2. The Morgan fingerprint density at radius 2 is 2.00 bits per heavy atom. The van der Waals surface area contributed by atoms with Crippen LogP contribution in [0.3, 0.4) is 0 Å². The van der Waals surface area contributed by atoms with Crippen LogP contribution >= 0.6 is 11.3 Å². The van der Waals surface area contributed by atoms with Gasteiger partial charge in [0, 0.05) is 35.1 Å². The molecule has 104 valence electrons. The first-order valence-electron chi connectivity index (χ1n) is 6.67. The number of hydrogen-bond acceptors (Lipinski definition) is 3. The Labute approximate surface area is 123 Å². The van der Waals surface area contributed by atoms with Gasteiger partial charge in [0.2, 0.25) is 0 Å². The molecule has 4 heteroatoms. The second-order valence-electron chi connectivity index (χ2n) is 6.21. The molecular weight excluding hydrogens is 266 g/mol. The molecule has 0 saturated carbocycles. The number of anilines is 1. The first-order valence-corrected chi connectivity index (χ1v) is 7.55. The number of benzene rings is 1. The predicted octanol–water partition coefficient (Wildman–Crippen LogP) is 4.18. The first-order chi connectivity index (χ1) is 9.36. The van der Waals surface area contributed by atoms with E-state index >= 15 is 0 Å². The van der Waals surface area contributed by atoms with Gasteiger partial charge in [-0.25, -0.2) is 4.98 Å². The number of nitrogen functional groups attached to an aromatic ring is 1. The summed E-state index contributed by atoms with van der Waals surface area (Å²) in [5, 5.41) is 3.86. The Hall–Kier alpha value is -1.81. The average molecular weight is 285 g/mol. The van der Waals surface area contributed by atoms with Crippen molar-refractivity contribution >= 4 is 27.4 Å². The van der Waals surface area contributed by atoms with Gasteiger partial charge in [-0.1, -0.05) is 32.9 Å². The molecule has 2 heterocycles. The molecule has 0 unspecified atom stereocenters. The molecule has 2 aromatic heterocycles. The minimum atomic E-state index is 0.156. The van der Waals surface area contributed by atoms with Gasteiger partial charge in [-0.2, -0.15) is 0 Å². The summed E-state index contributed by atoms with van der Waals surface area (Å²) >= 11 is 1.48. The summed E-state index contributed by atoms with van der Waals surface area (Å²) in [6, 6.07) is 6.68. The van der Waals surface area contributed by atoms with Crippen LogP contribution in [0.1, 0.15) is 26.3 Å². The standard InChI is InChI=1S/C16H19N3S/c1-16(2,3)10-5-6-11-12(8-19(4)14(11)7-10)13-9-20-15(17)18-13/h5-9H,1-4H3,(H2,17,18). The van der Waals surface area contributed by atoms with Gasteiger partial charge in [0.15, 0.2) is 5.13 Å². The van der Waals surface area contributed by atoms with E-state index in [1.54, 1.807) is 0 Å². The molecule has 0 aliphatic rings. The molecule has 3 aromatic rings. The zero-order valence-corrected chi connectivity index (χ0v) is 13.1. The van der Waals surface area contributed by atoms with Crippen molar-refractivity contribution in [1.82, 2.24) is 9.55 Å². The molecule has 2 N–H and O–H groups in total. The van der Waals surface area contributed by atoms with E-state index in [0.29, 0.717) is 5.13 Å². The summed E-state index contributed by atoms with van der Waals surface area (Å²) in [7, 11) is 2.08. The number of fused-ring (bicyclic) bond motifs is 1. The third-order valence-electron chi connectivity index (χ3n) is 3.65. The Morgan fingerprint density at radius 3 is 2.60 bits per heavy atom. The van der Waals surface area contributed by atoms with Crippen LogP contribution in [0.15, 0.2) is 29.8 Å². The van der Waals surface area contributed by atoms with E-state index in [1.807, 2.05) is 5.38 Å². The Balaban J connectivity index is 2.22. The molecule has 1 aromatic carbocycles. The predicted molar refractivity (Wildman–Crippen MR) is 87.1 cm³/mol. The van der Waals surface area contributed by atoms with E-state index in [9.17, 15) is 0 Å². The van der Waals surface area contributed by atoms with Crippen molar-refractivity contribution in [3.05, 3.63) is 35.3 Å². The van der Waals surface area contributed by atoms with E-state index in [2.05, 4.69) is 61.8 Å². The fraction of sp³-hybridized carbons (Fsp3) is 0.312. The topological polar surface area (TPSA) is 43.8 Å². The number of nitrogens with zero attached hydrogens (tertiary/aromatic N) is 2. The van der Waals surface area contributed by atoms with Crippen molar-refractivity contribution in [2.75, 3.05) is 5.73 Å². The lowest BCUT2D eigenvalue weighted by molar-refractivity contribution is 0.591. The van der Waals surface area contributed by atoms with Gasteiger partial charge in [-0.05, 0) is 17.0 Å². The van der Waals surface area contributed by atoms with Crippen molar-refractivity contribution in [2.24, 2.45) is 7.05 Å². The van der Waals surface area contributed by atoms with E-state index in [0.717, 1.165) is 11.3 Å². The second kappa shape index (κ2) is 4.35. The highest BCUT2D eigenvalue weighted by atomic mass is 32.1. The molecule has 0 atom stereocenters. The zero-order chi connectivity index (χ0) is 14.5. The molecule has 0 radical (unpaired) electrons. The highest BCUT2D eigenvalue weighted by molar-refractivity contribution is 7.13. The molecule has 3 rings (SSSR count). The lowest BCUT2D eigenvalue weighted by Gasteiger charge is -2.19. The number of aromatic nitrogens is 2. The molecule has 0 spiro atoms. The SMILES string of the molecule is Cn1cc(-c2csc(N)n2)c2ccc(C(C)(C)C)cc21. The fourth-order valence-corrected chi connectivity index (χ4v) is 3.03. The van der Waals surface area contributed by atoms with Gasteiger partial charge < -0.3 is 10.3 Å². The molecule has 0 amide bonds. The van der Waals surface area contributed by atoms with Gasteiger partial charge in [0.05, 0.1) is 5.69 Å². The number of thiazole rings is 1. The summed E-state index contributed by atoms with van der Waals surface area (Å²) in [6.45, 7) is 6.71. The van der Waals surface area contributed by atoms with Crippen LogP contribution in [0.4, 0.5) is 5.13 Å². The summed E-state index contributed by atoms with van der Waals surface area (Å²) in [6.07, 6.45) is 2.13. The van der Waals surface area contributed by atoms with E-state index < -0.39 is 0 Å². The fourth-order valence-electron chi connectivity index (χ4n) is 2.47. The van der Waals surface area contributed by atoms with Crippen LogP contribution < -0.4 is 5.73 Å². The molecule has 0 aliphatic heterocycles. The maximum Gasteiger partial charge on any atom is 0.180 e. The van der Waals surface area contributed by atoms with Gasteiger partial charge >= 0.3 is 0 Å². The maximum atomic E-state index is 5.75. The zero-order valence-electron chi connectivity index (χ0n) is 12.3. The number of rotatable bonds is 1. The molecule has 3 nitrogen and oxygen atoms in total. The van der Waals surface area contributed by atoms with E-state index in [-0.39, 0.29) is 5.41 Å². The molecule has 0 saturated heterocycles. The largest absolute Gasteiger partial charge is 0.375 e. The van der Waals surface area contributed by atoms with E-state index in [1.165, 1.54) is 27.8 Å². The van der Waals surface area contributed by atoms with Crippen molar-refractivity contribution in [2.45, 2.75) is 26.2 Å². The molecule has 20 heavy (non-hydrogen) atoms. The monoisotopic (exact) mass is 285 g/mol. The number of nitrogens with two attached hydrogens (primary N) is 1. The van der Waals surface area contributed by atoms with Gasteiger partial charge in [-0.3, -0.25) is 0 Å². The maximum absolute atomic E-state index is 5.75. The van der Waals surface area contributed by atoms with Gasteiger partial charge in [0.1, 0.15) is 0 Å². The Bertz CT molecular complexity index is 775. The van der Waals surface area contributed by atoms with Crippen molar-refractivity contribution in [3.63, 3.8) is 0 Å². The van der Waals surface area contributed by atoms with Crippen LogP contribution in [0.25, 0.3) is 22.2 Å². The van der Waals surface area contributed by atoms with Gasteiger partial charge in [-0.15, -0.1) is 11.3 Å². The molecular formula is C16H19N3S. The van der Waals surface area contributed by atoms with Crippen LogP contribution in [-0.4, -0.2) is 9.55 Å². The Kier molecular flexibility index (Phi) is 2.87. The van der Waals surface area contributed by atoms with Crippen LogP contribution in [0.2, 0.25) is 0 Å². The van der Waals surface area contributed by atoms with Crippen molar-refractivity contribution in [3.8, 4) is 11.3 Å². The smallest absolute Gasteiger partial charge is 0.180 e. The lowest BCUT2D eigenvalue weighted by atomic mass is 9.86. The first kappa shape index (κ1) is 13.2. The second-order valence-corrected chi connectivity index (χ2v) is 7.10. The van der Waals surface area contributed by atoms with Gasteiger partial charge in [0.25, 0.3) is 0 Å². The van der Waals surface area contributed by atoms with Crippen LogP contribution in [0, 0.1) is 0 Å². The third-order valence-corrected chi connectivity index (χ3v) is 4.33. The average Bonchev–Trinajstić information content (AvgIpc) is 2.93. The van der Waals surface area contributed by atoms with Crippen molar-refractivity contribution in [1.29, 1.82) is 0 Å². The summed E-state index contributed by atoms with van der Waals surface area (Å²) in [5.74, 6) is 0. The highest BCUT2D eigenvalue weighted by Crippen LogP contribution is 2.34. The number of aryl methyl sites for hydroxylation is 1. The molecule has 0 bridgehead atoms. The summed E-state index contributed by atoms with van der Waals surface area (Å²) in [4.78, 5) is 4.40. The lowest BCUT2D eigenvalue weighted by Crippen LogP contribution is -2.10. The van der Waals surface area contributed by atoms with Crippen LogP contribution in [0.5, 0.6) is 0 Å². The summed E-state index contributed by atoms with van der Waals surface area (Å²) in [5.41, 5.74) is 10.6. The quantitative estimate of drug-likeness (QED) is 0.729. The highest BCUT2D eigenvalue weighted by Gasteiger charge is 2.17.